The van der Waals surface area contributed by atoms with E-state index in [9.17, 15) is 9.59 Å². The van der Waals surface area contributed by atoms with Gasteiger partial charge in [-0.3, -0.25) is 14.6 Å². The fourth-order valence-corrected chi connectivity index (χ4v) is 3.81. The number of pyridine rings is 1. The molecule has 160 valence electrons. The van der Waals surface area contributed by atoms with Gasteiger partial charge >= 0.3 is 0 Å². The van der Waals surface area contributed by atoms with Gasteiger partial charge < -0.3 is 14.5 Å². The van der Waals surface area contributed by atoms with Gasteiger partial charge in [-0.05, 0) is 37.3 Å². The third kappa shape index (κ3) is 4.28. The van der Waals surface area contributed by atoms with Crippen LogP contribution in [-0.2, 0) is 4.79 Å². The quantitative estimate of drug-likeness (QED) is 0.631. The van der Waals surface area contributed by atoms with Crippen LogP contribution in [-0.4, -0.2) is 58.9 Å². The molecule has 1 unspecified atom stereocenters. The van der Waals surface area contributed by atoms with Gasteiger partial charge in [0.05, 0.1) is 18.5 Å². The van der Waals surface area contributed by atoms with Crippen molar-refractivity contribution in [2.24, 2.45) is 0 Å². The summed E-state index contributed by atoms with van der Waals surface area (Å²) in [6.07, 6.45) is 3.34. The summed E-state index contributed by atoms with van der Waals surface area (Å²) in [5.74, 6) is 0.709. The lowest BCUT2D eigenvalue weighted by Crippen LogP contribution is -2.51. The van der Waals surface area contributed by atoms with Crippen LogP contribution in [0.4, 0.5) is 5.69 Å². The number of rotatable bonds is 5. The Balaban J connectivity index is 1.48. The molecule has 0 radical (unpaired) electrons. The van der Waals surface area contributed by atoms with Crippen LogP contribution < -0.4 is 15.2 Å². The number of ether oxygens (including phenoxy) is 1. The minimum Gasteiger partial charge on any atom is -0.495 e. The monoisotopic (exact) mass is 419 g/mol. The van der Waals surface area contributed by atoms with Crippen molar-refractivity contribution in [1.82, 2.24) is 19.7 Å². The van der Waals surface area contributed by atoms with E-state index in [0.29, 0.717) is 31.9 Å². The second kappa shape index (κ2) is 8.99. The highest BCUT2D eigenvalue weighted by Gasteiger charge is 2.28. The van der Waals surface area contributed by atoms with Crippen LogP contribution in [0.15, 0.2) is 65.7 Å². The van der Waals surface area contributed by atoms with Gasteiger partial charge in [0.15, 0.2) is 0 Å². The van der Waals surface area contributed by atoms with Crippen molar-refractivity contribution in [3.63, 3.8) is 0 Å². The summed E-state index contributed by atoms with van der Waals surface area (Å²) in [5.41, 5.74) is 2.19. The lowest BCUT2D eigenvalue weighted by Gasteiger charge is -2.37. The van der Waals surface area contributed by atoms with Gasteiger partial charge in [0.25, 0.3) is 5.56 Å². The molecule has 0 N–H and O–H groups in total. The van der Waals surface area contributed by atoms with Crippen molar-refractivity contribution in [2.75, 3.05) is 38.2 Å². The molecule has 31 heavy (non-hydrogen) atoms. The molecule has 3 aromatic rings. The molecule has 4 rings (SSSR count). The number of aromatic nitrogens is 3. The Morgan fingerprint density at radius 2 is 1.71 bits per heavy atom. The summed E-state index contributed by atoms with van der Waals surface area (Å²) in [4.78, 5) is 33.6. The first kappa shape index (κ1) is 20.6. The first-order chi connectivity index (χ1) is 15.1. The van der Waals surface area contributed by atoms with Gasteiger partial charge in [-0.25, -0.2) is 4.68 Å². The maximum absolute atomic E-state index is 13.1. The predicted octanol–water partition coefficient (Wildman–Crippen LogP) is 2.22. The van der Waals surface area contributed by atoms with Crippen LogP contribution >= 0.6 is 0 Å². The van der Waals surface area contributed by atoms with E-state index in [1.54, 1.807) is 37.4 Å². The fourth-order valence-electron chi connectivity index (χ4n) is 3.81. The molecule has 1 amide bonds. The molecule has 3 heterocycles. The van der Waals surface area contributed by atoms with Gasteiger partial charge in [0, 0.05) is 50.2 Å². The number of carbonyl (C=O) groups is 1. The number of hydrogen-bond donors (Lipinski definition) is 0. The number of para-hydroxylation sites is 2. The minimum absolute atomic E-state index is 0.110. The van der Waals surface area contributed by atoms with Crippen molar-refractivity contribution in [3.05, 3.63) is 71.3 Å². The topological polar surface area (TPSA) is 80.6 Å². The lowest BCUT2D eigenvalue weighted by atomic mass is 10.2. The molecule has 0 spiro atoms. The molecular weight excluding hydrogens is 394 g/mol. The van der Waals surface area contributed by atoms with E-state index >= 15 is 0 Å². The third-order valence-electron chi connectivity index (χ3n) is 5.54. The first-order valence-electron chi connectivity index (χ1n) is 10.3. The number of methoxy groups -OCH3 is 1. The largest absolute Gasteiger partial charge is 0.495 e. The van der Waals surface area contributed by atoms with E-state index < -0.39 is 6.04 Å². The summed E-state index contributed by atoms with van der Waals surface area (Å²) in [6, 6.07) is 13.9. The lowest BCUT2D eigenvalue weighted by molar-refractivity contribution is -0.135. The zero-order chi connectivity index (χ0) is 21.8. The Hall–Kier alpha value is -3.68. The number of nitrogens with zero attached hydrogens (tertiary/aromatic N) is 5. The summed E-state index contributed by atoms with van der Waals surface area (Å²) in [5, 5.41) is 4.45. The number of piperazine rings is 1. The van der Waals surface area contributed by atoms with Gasteiger partial charge in [0.1, 0.15) is 11.8 Å². The van der Waals surface area contributed by atoms with Crippen LogP contribution in [0.5, 0.6) is 5.75 Å². The van der Waals surface area contributed by atoms with Crippen LogP contribution in [0.2, 0.25) is 0 Å². The highest BCUT2D eigenvalue weighted by Crippen LogP contribution is 2.28. The molecule has 0 bridgehead atoms. The number of benzene rings is 1. The van der Waals surface area contributed by atoms with E-state index in [2.05, 4.69) is 15.0 Å². The standard InChI is InChI=1S/C23H25N5O3/c1-17(28-22(29)8-7-19(25-28)18-9-11-24-12-10-18)23(30)27-15-13-26(14-16-27)20-5-3-4-6-21(20)31-2/h3-12,17H,13-16H2,1-2H3. The number of hydrogen-bond acceptors (Lipinski definition) is 6. The van der Waals surface area contributed by atoms with Gasteiger partial charge in [-0.1, -0.05) is 12.1 Å². The van der Waals surface area contributed by atoms with Crippen LogP contribution in [0.25, 0.3) is 11.3 Å². The average molecular weight is 419 g/mol. The molecule has 1 fully saturated rings. The summed E-state index contributed by atoms with van der Waals surface area (Å²) in [6.45, 7) is 4.25. The minimum atomic E-state index is -0.688. The molecule has 1 aliphatic rings. The summed E-state index contributed by atoms with van der Waals surface area (Å²) in [7, 11) is 1.66. The molecule has 0 saturated carbocycles. The maximum atomic E-state index is 13.1. The van der Waals surface area contributed by atoms with Crippen molar-refractivity contribution >= 4 is 11.6 Å². The normalized spacial score (nSPS) is 14.9. The highest BCUT2D eigenvalue weighted by molar-refractivity contribution is 5.80. The van der Waals surface area contributed by atoms with Crippen LogP contribution in [0.1, 0.15) is 13.0 Å². The fraction of sp³-hybridized carbons (Fsp3) is 0.304. The Bertz CT molecular complexity index is 1110. The number of anilines is 1. The molecule has 8 heteroatoms. The number of amides is 1. The Labute approximate surface area is 180 Å². The average Bonchev–Trinajstić information content (AvgIpc) is 2.84. The first-order valence-corrected chi connectivity index (χ1v) is 10.3. The van der Waals surface area contributed by atoms with Gasteiger partial charge in [-0.2, -0.15) is 5.10 Å². The van der Waals surface area contributed by atoms with Crippen LogP contribution in [0.3, 0.4) is 0 Å². The SMILES string of the molecule is COc1ccccc1N1CCN(C(=O)C(C)n2nc(-c3ccncc3)ccc2=O)CC1. The predicted molar refractivity (Wildman–Crippen MR) is 118 cm³/mol. The van der Waals surface area contributed by atoms with Crippen molar-refractivity contribution in [2.45, 2.75) is 13.0 Å². The Kier molecular flexibility index (Phi) is 5.97. The van der Waals surface area contributed by atoms with Gasteiger partial charge in [0.2, 0.25) is 5.91 Å². The molecule has 1 saturated heterocycles. The summed E-state index contributed by atoms with van der Waals surface area (Å²) >= 11 is 0. The summed E-state index contributed by atoms with van der Waals surface area (Å²) < 4.78 is 6.73. The Morgan fingerprint density at radius 3 is 2.42 bits per heavy atom. The molecule has 8 nitrogen and oxygen atoms in total. The molecule has 1 aromatic carbocycles. The number of carbonyl (C=O) groups excluding carboxylic acids is 1. The molecule has 2 aromatic heterocycles. The van der Waals surface area contributed by atoms with E-state index in [-0.39, 0.29) is 11.5 Å². The van der Waals surface area contributed by atoms with E-state index in [0.717, 1.165) is 17.0 Å². The molecular formula is C23H25N5O3. The molecule has 0 aliphatic carbocycles. The smallest absolute Gasteiger partial charge is 0.267 e. The maximum Gasteiger partial charge on any atom is 0.267 e. The van der Waals surface area contributed by atoms with Crippen molar-refractivity contribution in [3.8, 4) is 17.0 Å². The second-order valence-corrected chi connectivity index (χ2v) is 7.40. The van der Waals surface area contributed by atoms with Crippen LogP contribution in [0, 0.1) is 0 Å². The van der Waals surface area contributed by atoms with Crippen molar-refractivity contribution in [1.29, 1.82) is 0 Å². The van der Waals surface area contributed by atoms with Crippen molar-refractivity contribution < 1.29 is 9.53 Å². The highest BCUT2D eigenvalue weighted by atomic mass is 16.5. The Morgan fingerprint density at radius 1 is 1.00 bits per heavy atom. The molecule has 1 aliphatic heterocycles. The zero-order valence-electron chi connectivity index (χ0n) is 17.6. The van der Waals surface area contributed by atoms with E-state index in [1.165, 1.54) is 10.7 Å². The molecule has 1 atom stereocenters. The van der Waals surface area contributed by atoms with E-state index in [1.807, 2.05) is 36.4 Å². The van der Waals surface area contributed by atoms with E-state index in [4.69, 9.17) is 4.74 Å². The second-order valence-electron chi connectivity index (χ2n) is 7.40. The third-order valence-corrected chi connectivity index (χ3v) is 5.54. The zero-order valence-corrected chi connectivity index (χ0v) is 17.6. The van der Waals surface area contributed by atoms with Gasteiger partial charge in [-0.15, -0.1) is 0 Å².